The van der Waals surface area contributed by atoms with Gasteiger partial charge >= 0.3 is 0 Å². The van der Waals surface area contributed by atoms with Gasteiger partial charge in [-0.25, -0.2) is 0 Å². The van der Waals surface area contributed by atoms with Crippen molar-refractivity contribution >= 4 is 5.69 Å². The molecule has 0 saturated heterocycles. The van der Waals surface area contributed by atoms with Crippen molar-refractivity contribution in [3.8, 4) is 0 Å². The van der Waals surface area contributed by atoms with Crippen LogP contribution in [0.2, 0.25) is 0 Å². The van der Waals surface area contributed by atoms with E-state index in [1.165, 1.54) is 49.8 Å². The van der Waals surface area contributed by atoms with Crippen molar-refractivity contribution in [2.45, 2.75) is 51.5 Å². The Hall–Kier alpha value is -1.02. The molecular formula is C16H26N2. The van der Waals surface area contributed by atoms with Crippen molar-refractivity contribution in [1.29, 1.82) is 0 Å². The molecule has 100 valence electrons. The van der Waals surface area contributed by atoms with Crippen LogP contribution in [0.5, 0.6) is 0 Å². The summed E-state index contributed by atoms with van der Waals surface area (Å²) < 4.78 is 0. The molecule has 1 aliphatic carbocycles. The van der Waals surface area contributed by atoms with Gasteiger partial charge in [0, 0.05) is 18.3 Å². The molecule has 3 N–H and O–H groups in total. The van der Waals surface area contributed by atoms with Gasteiger partial charge in [0.15, 0.2) is 0 Å². The van der Waals surface area contributed by atoms with Gasteiger partial charge in [-0.05, 0) is 43.4 Å². The summed E-state index contributed by atoms with van der Waals surface area (Å²) in [6.45, 7) is 2.87. The van der Waals surface area contributed by atoms with E-state index >= 15 is 0 Å². The fourth-order valence-electron chi connectivity index (χ4n) is 3.03. The van der Waals surface area contributed by atoms with Crippen molar-refractivity contribution < 1.29 is 0 Å². The Morgan fingerprint density at radius 3 is 2.56 bits per heavy atom. The first-order valence-corrected chi connectivity index (χ1v) is 7.33. The molecule has 18 heavy (non-hydrogen) atoms. The molecule has 2 rings (SSSR count). The molecule has 0 aromatic heterocycles. The molecule has 0 radical (unpaired) electrons. The smallest absolute Gasteiger partial charge is 0.0411 e. The van der Waals surface area contributed by atoms with E-state index in [0.29, 0.717) is 6.04 Å². The summed E-state index contributed by atoms with van der Waals surface area (Å²) in [7, 11) is 0. The van der Waals surface area contributed by atoms with Gasteiger partial charge in [0.1, 0.15) is 0 Å². The Morgan fingerprint density at radius 2 is 1.94 bits per heavy atom. The average Bonchev–Trinajstić information content (AvgIpc) is 2.65. The maximum atomic E-state index is 5.98. The van der Waals surface area contributed by atoms with Gasteiger partial charge in [0.25, 0.3) is 0 Å². The SMILES string of the molecule is Cc1cccc(NC(CN)C2CCCCCC2)c1. The molecule has 1 fully saturated rings. The Balaban J connectivity index is 1.99. The lowest BCUT2D eigenvalue weighted by Gasteiger charge is -2.27. The summed E-state index contributed by atoms with van der Waals surface area (Å²) in [4.78, 5) is 0. The van der Waals surface area contributed by atoms with Gasteiger partial charge in [-0.15, -0.1) is 0 Å². The van der Waals surface area contributed by atoms with Crippen LogP contribution in [0.25, 0.3) is 0 Å². The highest BCUT2D eigenvalue weighted by molar-refractivity contribution is 5.46. The van der Waals surface area contributed by atoms with Crippen LogP contribution in [0.1, 0.15) is 44.1 Å². The fraction of sp³-hybridized carbons (Fsp3) is 0.625. The monoisotopic (exact) mass is 246 g/mol. The number of hydrogen-bond acceptors (Lipinski definition) is 2. The van der Waals surface area contributed by atoms with Crippen molar-refractivity contribution in [1.82, 2.24) is 0 Å². The number of aryl methyl sites for hydroxylation is 1. The lowest BCUT2D eigenvalue weighted by atomic mass is 9.91. The fourth-order valence-corrected chi connectivity index (χ4v) is 3.03. The maximum Gasteiger partial charge on any atom is 0.0411 e. The number of nitrogens with two attached hydrogens (primary N) is 1. The predicted octanol–water partition coefficient (Wildman–Crippen LogP) is 3.70. The van der Waals surface area contributed by atoms with Crippen LogP contribution in [-0.2, 0) is 0 Å². The zero-order valence-corrected chi connectivity index (χ0v) is 11.5. The molecule has 1 saturated carbocycles. The summed E-state index contributed by atoms with van der Waals surface area (Å²) in [5, 5.41) is 3.64. The largest absolute Gasteiger partial charge is 0.381 e. The molecule has 0 heterocycles. The van der Waals surface area contributed by atoms with E-state index in [1.807, 2.05) is 0 Å². The van der Waals surface area contributed by atoms with E-state index in [9.17, 15) is 0 Å². The minimum Gasteiger partial charge on any atom is -0.381 e. The number of rotatable bonds is 4. The second kappa shape index (κ2) is 6.79. The van der Waals surface area contributed by atoms with Crippen LogP contribution in [0.3, 0.4) is 0 Å². The van der Waals surface area contributed by atoms with Crippen molar-refractivity contribution in [3.05, 3.63) is 29.8 Å². The van der Waals surface area contributed by atoms with Crippen LogP contribution >= 0.6 is 0 Å². The third-order valence-electron chi connectivity index (χ3n) is 4.09. The molecular weight excluding hydrogens is 220 g/mol. The average molecular weight is 246 g/mol. The molecule has 0 bridgehead atoms. The minimum absolute atomic E-state index is 0.435. The third-order valence-corrected chi connectivity index (χ3v) is 4.09. The summed E-state index contributed by atoms with van der Waals surface area (Å²) in [5.41, 5.74) is 8.50. The highest BCUT2D eigenvalue weighted by atomic mass is 14.9. The van der Waals surface area contributed by atoms with E-state index < -0.39 is 0 Å². The standard InChI is InChI=1S/C16H26N2/c1-13-7-6-10-15(11-13)18-16(12-17)14-8-4-2-3-5-9-14/h6-7,10-11,14,16,18H,2-5,8-9,12,17H2,1H3. The third kappa shape index (κ3) is 3.74. The first kappa shape index (κ1) is 13.4. The summed E-state index contributed by atoms with van der Waals surface area (Å²) in [5.74, 6) is 0.748. The van der Waals surface area contributed by atoms with Crippen LogP contribution < -0.4 is 11.1 Å². The number of nitrogens with one attached hydrogen (secondary N) is 1. The Bertz CT molecular complexity index is 354. The van der Waals surface area contributed by atoms with Crippen LogP contribution in [0.15, 0.2) is 24.3 Å². The predicted molar refractivity (Wildman–Crippen MR) is 78.8 cm³/mol. The molecule has 1 unspecified atom stereocenters. The zero-order valence-electron chi connectivity index (χ0n) is 11.5. The van der Waals surface area contributed by atoms with E-state index in [0.717, 1.165) is 12.5 Å². The van der Waals surface area contributed by atoms with Gasteiger partial charge in [0.05, 0.1) is 0 Å². The Labute approximate surface area is 111 Å². The quantitative estimate of drug-likeness (QED) is 0.795. The second-order valence-corrected chi connectivity index (χ2v) is 5.61. The Morgan fingerprint density at radius 1 is 1.22 bits per heavy atom. The normalized spacial score (nSPS) is 19.2. The summed E-state index contributed by atoms with van der Waals surface area (Å²) >= 11 is 0. The van der Waals surface area contributed by atoms with Crippen LogP contribution in [0.4, 0.5) is 5.69 Å². The first-order chi connectivity index (χ1) is 8.79. The summed E-state index contributed by atoms with van der Waals surface area (Å²) in [6.07, 6.45) is 8.21. The number of anilines is 1. The first-order valence-electron chi connectivity index (χ1n) is 7.33. The van der Waals surface area contributed by atoms with E-state index in [-0.39, 0.29) is 0 Å². The molecule has 1 aromatic carbocycles. The highest BCUT2D eigenvalue weighted by Crippen LogP contribution is 2.27. The van der Waals surface area contributed by atoms with Gasteiger partial charge in [0.2, 0.25) is 0 Å². The van der Waals surface area contributed by atoms with Gasteiger partial charge < -0.3 is 11.1 Å². The molecule has 2 heteroatoms. The number of hydrogen-bond donors (Lipinski definition) is 2. The minimum atomic E-state index is 0.435. The molecule has 0 aliphatic heterocycles. The Kier molecular flexibility index (Phi) is 5.06. The lowest BCUT2D eigenvalue weighted by Crippen LogP contribution is -2.36. The second-order valence-electron chi connectivity index (χ2n) is 5.61. The van der Waals surface area contributed by atoms with Gasteiger partial charge in [-0.3, -0.25) is 0 Å². The van der Waals surface area contributed by atoms with Gasteiger partial charge in [-0.2, -0.15) is 0 Å². The summed E-state index contributed by atoms with van der Waals surface area (Å²) in [6, 6.07) is 9.03. The van der Waals surface area contributed by atoms with Crippen molar-refractivity contribution in [2.75, 3.05) is 11.9 Å². The number of benzene rings is 1. The van der Waals surface area contributed by atoms with E-state index in [4.69, 9.17) is 5.73 Å². The molecule has 0 amide bonds. The molecule has 0 spiro atoms. The topological polar surface area (TPSA) is 38.0 Å². The lowest BCUT2D eigenvalue weighted by molar-refractivity contribution is 0.398. The van der Waals surface area contributed by atoms with Crippen LogP contribution in [0, 0.1) is 12.8 Å². The van der Waals surface area contributed by atoms with Crippen LogP contribution in [-0.4, -0.2) is 12.6 Å². The van der Waals surface area contributed by atoms with Crippen molar-refractivity contribution in [2.24, 2.45) is 11.7 Å². The molecule has 1 aliphatic rings. The van der Waals surface area contributed by atoms with Gasteiger partial charge in [-0.1, -0.05) is 37.8 Å². The molecule has 1 aromatic rings. The maximum absolute atomic E-state index is 5.98. The highest BCUT2D eigenvalue weighted by Gasteiger charge is 2.21. The molecule has 1 atom stereocenters. The zero-order chi connectivity index (χ0) is 12.8. The molecule has 2 nitrogen and oxygen atoms in total. The van der Waals surface area contributed by atoms with E-state index in [1.54, 1.807) is 0 Å². The van der Waals surface area contributed by atoms with E-state index in [2.05, 4.69) is 36.5 Å². The van der Waals surface area contributed by atoms with Crippen molar-refractivity contribution in [3.63, 3.8) is 0 Å².